The van der Waals surface area contributed by atoms with Crippen molar-refractivity contribution in [2.24, 2.45) is 0 Å². The first-order valence-corrected chi connectivity index (χ1v) is 15.0. The van der Waals surface area contributed by atoms with Crippen LogP contribution in [-0.4, -0.2) is 53.4 Å². The quantitative estimate of drug-likeness (QED) is 0.422. The fraction of sp³-hybridized carbons (Fsp3) is 0.481. The molecule has 4 rings (SSSR count). The van der Waals surface area contributed by atoms with Crippen LogP contribution >= 0.6 is 23.2 Å². The zero-order valence-electron chi connectivity index (χ0n) is 20.6. The maximum Gasteiger partial charge on any atom is 0.306 e. The van der Waals surface area contributed by atoms with Gasteiger partial charge >= 0.3 is 5.97 Å². The molecule has 1 saturated carbocycles. The fourth-order valence-electron chi connectivity index (χ4n) is 5.45. The molecule has 0 spiro atoms. The molecule has 1 saturated heterocycles. The Morgan fingerprint density at radius 3 is 2.35 bits per heavy atom. The predicted molar refractivity (Wildman–Crippen MR) is 142 cm³/mol. The largest absolute Gasteiger partial charge is 0.481 e. The third-order valence-electron chi connectivity index (χ3n) is 7.28. The number of nitrogens with zero attached hydrogens (tertiary/aromatic N) is 1. The van der Waals surface area contributed by atoms with Gasteiger partial charge < -0.3 is 14.7 Å². The first kappa shape index (κ1) is 27.9. The summed E-state index contributed by atoms with van der Waals surface area (Å²) in [6.07, 6.45) is 0.810. The molecule has 200 valence electrons. The van der Waals surface area contributed by atoms with Crippen molar-refractivity contribution >= 4 is 44.9 Å². The summed E-state index contributed by atoms with van der Waals surface area (Å²) in [5.74, 6) is -1.90. The van der Waals surface area contributed by atoms with Gasteiger partial charge in [-0.05, 0) is 54.7 Å². The van der Waals surface area contributed by atoms with Gasteiger partial charge in [0.15, 0.2) is 9.84 Å². The fourth-order valence-corrected chi connectivity index (χ4v) is 8.03. The summed E-state index contributed by atoms with van der Waals surface area (Å²) in [5.41, 5.74) is 1.36. The molecule has 1 heterocycles. The summed E-state index contributed by atoms with van der Waals surface area (Å²) in [5, 5.41) is 10.1. The molecule has 2 aromatic rings. The second kappa shape index (κ2) is 11.7. The number of halogens is 2. The molecule has 4 atom stereocenters. The number of ether oxygens (including phenoxy) is 1. The minimum atomic E-state index is -3.48. The van der Waals surface area contributed by atoms with E-state index in [0.29, 0.717) is 40.4 Å². The maximum absolute atomic E-state index is 13.9. The average molecular weight is 569 g/mol. The van der Waals surface area contributed by atoms with Crippen LogP contribution in [0.2, 0.25) is 10.0 Å². The highest BCUT2D eigenvalue weighted by Crippen LogP contribution is 2.45. The molecule has 1 amide bonds. The van der Waals surface area contributed by atoms with Gasteiger partial charge in [0.05, 0.1) is 23.5 Å². The standard InChI is InChI=1S/C27H31Cl2NO6S/c1-2-21(16-37(34,35)22-8-3-4-9-22)30-25(17-10-12-19(28)13-11-17)26(18-6-5-7-20(29)14-18)36-23(27(30)33)15-24(31)32/h5-7,10-14,21-23,25-26H,2-4,8-9,15-16H2,1H3,(H,31,32). The van der Waals surface area contributed by atoms with E-state index in [1.807, 2.05) is 13.0 Å². The summed E-state index contributed by atoms with van der Waals surface area (Å²) < 4.78 is 33.0. The van der Waals surface area contributed by atoms with E-state index in [9.17, 15) is 23.1 Å². The molecule has 0 radical (unpaired) electrons. The lowest BCUT2D eigenvalue weighted by atomic mass is 9.89. The van der Waals surface area contributed by atoms with Crippen molar-refractivity contribution < 1.29 is 27.9 Å². The molecule has 37 heavy (non-hydrogen) atoms. The van der Waals surface area contributed by atoms with Gasteiger partial charge in [0.25, 0.3) is 5.91 Å². The Labute approximate surface area is 227 Å². The summed E-state index contributed by atoms with van der Waals surface area (Å²) in [6.45, 7) is 1.84. The van der Waals surface area contributed by atoms with Crippen LogP contribution in [0, 0.1) is 0 Å². The maximum atomic E-state index is 13.9. The topological polar surface area (TPSA) is 101 Å². The molecular weight excluding hydrogens is 537 g/mol. The van der Waals surface area contributed by atoms with Crippen molar-refractivity contribution in [1.29, 1.82) is 0 Å². The van der Waals surface area contributed by atoms with E-state index in [-0.39, 0.29) is 5.75 Å². The molecule has 7 nitrogen and oxygen atoms in total. The van der Waals surface area contributed by atoms with Crippen LogP contribution in [0.25, 0.3) is 0 Å². The average Bonchev–Trinajstić information content (AvgIpc) is 3.40. The van der Waals surface area contributed by atoms with Gasteiger partial charge in [0.2, 0.25) is 0 Å². The van der Waals surface area contributed by atoms with E-state index in [1.54, 1.807) is 47.4 Å². The van der Waals surface area contributed by atoms with Crippen molar-refractivity contribution in [2.75, 3.05) is 5.75 Å². The summed E-state index contributed by atoms with van der Waals surface area (Å²) in [6, 6.07) is 12.6. The van der Waals surface area contributed by atoms with E-state index in [0.717, 1.165) is 12.8 Å². The van der Waals surface area contributed by atoms with Crippen molar-refractivity contribution in [3.05, 3.63) is 69.7 Å². The zero-order valence-corrected chi connectivity index (χ0v) is 22.9. The van der Waals surface area contributed by atoms with Gasteiger partial charge in [-0.1, -0.05) is 67.2 Å². The van der Waals surface area contributed by atoms with Crippen LogP contribution in [0.5, 0.6) is 0 Å². The normalized spacial score (nSPS) is 23.8. The number of benzene rings is 2. The molecule has 1 N–H and O–H groups in total. The molecule has 0 bridgehead atoms. The van der Waals surface area contributed by atoms with Crippen LogP contribution in [0.15, 0.2) is 48.5 Å². The Hall–Kier alpha value is -2.13. The summed E-state index contributed by atoms with van der Waals surface area (Å²) in [4.78, 5) is 27.1. The highest BCUT2D eigenvalue weighted by molar-refractivity contribution is 7.92. The Bertz CT molecular complexity index is 1230. The number of carbonyl (C=O) groups excluding carboxylic acids is 1. The van der Waals surface area contributed by atoms with E-state index in [2.05, 4.69) is 0 Å². The number of carboxylic acid groups (broad SMARTS) is 1. The smallest absolute Gasteiger partial charge is 0.306 e. The Morgan fingerprint density at radius 2 is 1.76 bits per heavy atom. The van der Waals surface area contributed by atoms with E-state index >= 15 is 0 Å². The molecule has 1 aliphatic carbocycles. The van der Waals surface area contributed by atoms with Crippen LogP contribution in [0.4, 0.5) is 0 Å². The third-order valence-corrected chi connectivity index (χ3v) is 10.1. The van der Waals surface area contributed by atoms with E-state index < -0.39 is 57.7 Å². The first-order chi connectivity index (χ1) is 17.6. The van der Waals surface area contributed by atoms with Gasteiger partial charge in [0.1, 0.15) is 12.2 Å². The minimum absolute atomic E-state index is 0.188. The Balaban J connectivity index is 1.83. The van der Waals surface area contributed by atoms with Crippen molar-refractivity contribution in [1.82, 2.24) is 4.90 Å². The van der Waals surface area contributed by atoms with Crippen molar-refractivity contribution in [2.45, 2.75) is 75.0 Å². The summed E-state index contributed by atoms with van der Waals surface area (Å²) >= 11 is 12.4. The molecule has 10 heteroatoms. The number of hydrogen-bond acceptors (Lipinski definition) is 5. The predicted octanol–water partition coefficient (Wildman–Crippen LogP) is 5.61. The van der Waals surface area contributed by atoms with Crippen molar-refractivity contribution in [3.63, 3.8) is 0 Å². The second-order valence-corrected chi connectivity index (χ2v) is 12.9. The lowest BCUT2D eigenvalue weighted by molar-refractivity contribution is -0.182. The minimum Gasteiger partial charge on any atom is -0.481 e. The number of sulfone groups is 1. The number of carbonyl (C=O) groups is 2. The molecule has 2 aliphatic rings. The van der Waals surface area contributed by atoms with Crippen LogP contribution in [-0.2, 0) is 24.2 Å². The molecule has 0 aromatic heterocycles. The second-order valence-electron chi connectivity index (χ2n) is 9.74. The van der Waals surface area contributed by atoms with Crippen LogP contribution < -0.4 is 0 Å². The number of carboxylic acids is 1. The lowest BCUT2D eigenvalue weighted by Gasteiger charge is -2.48. The third kappa shape index (κ3) is 6.30. The summed E-state index contributed by atoms with van der Waals surface area (Å²) in [7, 11) is -3.48. The SMILES string of the molecule is CCC(CS(=O)(=O)C1CCCC1)N1C(=O)C(CC(=O)O)OC(c2cccc(Cl)c2)C1c1ccc(Cl)cc1. The number of amides is 1. The van der Waals surface area contributed by atoms with Crippen molar-refractivity contribution in [3.8, 4) is 0 Å². The van der Waals surface area contributed by atoms with E-state index in [1.165, 1.54) is 0 Å². The van der Waals surface area contributed by atoms with E-state index in [4.69, 9.17) is 27.9 Å². The first-order valence-electron chi connectivity index (χ1n) is 12.5. The Morgan fingerprint density at radius 1 is 1.08 bits per heavy atom. The van der Waals surface area contributed by atoms with Gasteiger partial charge in [-0.15, -0.1) is 0 Å². The molecule has 4 unspecified atom stereocenters. The molecule has 2 aromatic carbocycles. The number of rotatable bonds is 9. The van der Waals surface area contributed by atoms with Gasteiger partial charge in [0, 0.05) is 16.1 Å². The van der Waals surface area contributed by atoms with Gasteiger partial charge in [-0.25, -0.2) is 8.42 Å². The Kier molecular flexibility index (Phi) is 8.84. The zero-order chi connectivity index (χ0) is 26.7. The number of aliphatic carboxylic acids is 1. The van der Waals surface area contributed by atoms with Crippen LogP contribution in [0.1, 0.15) is 68.7 Å². The monoisotopic (exact) mass is 567 g/mol. The number of morpholine rings is 1. The lowest BCUT2D eigenvalue weighted by Crippen LogP contribution is -2.56. The van der Waals surface area contributed by atoms with Gasteiger partial charge in [-0.2, -0.15) is 0 Å². The molecule has 1 aliphatic heterocycles. The number of hydrogen-bond donors (Lipinski definition) is 1. The highest BCUT2D eigenvalue weighted by Gasteiger charge is 2.48. The molecular formula is C27H31Cl2NO6S. The van der Waals surface area contributed by atoms with Gasteiger partial charge in [-0.3, -0.25) is 9.59 Å². The molecule has 2 fully saturated rings. The highest BCUT2D eigenvalue weighted by atomic mass is 35.5. The van der Waals surface area contributed by atoms with Crippen LogP contribution in [0.3, 0.4) is 0 Å².